The number of esters is 1. The molecule has 1 N–H and O–H groups in total. The van der Waals surface area contributed by atoms with E-state index in [4.69, 9.17) is 28.1 Å². The number of hydrogen-bond donors (Lipinski definition) is 1. The second kappa shape index (κ2) is 16.7. The summed E-state index contributed by atoms with van der Waals surface area (Å²) in [7, 11) is 1.04. The van der Waals surface area contributed by atoms with E-state index in [1.807, 2.05) is 44.2 Å². The first-order valence-corrected chi connectivity index (χ1v) is 16.4. The number of aliphatic hydroxyl groups excluding tert-OH is 1. The number of rotatable bonds is 18. The summed E-state index contributed by atoms with van der Waals surface area (Å²) in [5, 5.41) is 11.2. The summed E-state index contributed by atoms with van der Waals surface area (Å²) < 4.78 is 34.4. The van der Waals surface area contributed by atoms with Crippen molar-refractivity contribution in [3.8, 4) is 0 Å². The van der Waals surface area contributed by atoms with Crippen molar-refractivity contribution in [3.63, 3.8) is 0 Å². The number of carbonyl (C=O) groups is 1. The average molecular weight is 557 g/mol. The molecule has 0 heterocycles. The maximum atomic E-state index is 12.8. The lowest BCUT2D eigenvalue weighted by atomic mass is 9.86. The first-order chi connectivity index (χ1) is 17.7. The van der Waals surface area contributed by atoms with Crippen LogP contribution >= 0.6 is 0 Å². The number of aliphatic hydroxyl groups is 1. The van der Waals surface area contributed by atoms with Crippen LogP contribution in [0.2, 0.25) is 18.1 Å². The Morgan fingerprint density at radius 1 is 0.947 bits per heavy atom. The highest BCUT2D eigenvalue weighted by atomic mass is 28.4. The summed E-state index contributed by atoms with van der Waals surface area (Å²) in [5.74, 6) is -1.56. The smallest absolute Gasteiger partial charge is 0.311 e. The highest BCUT2D eigenvalue weighted by Crippen LogP contribution is 2.39. The molecule has 0 radical (unpaired) electrons. The Kier molecular flexibility index (Phi) is 15.2. The molecule has 1 aromatic rings. The molecule has 220 valence electrons. The van der Waals surface area contributed by atoms with E-state index in [1.165, 1.54) is 0 Å². The summed E-state index contributed by atoms with van der Waals surface area (Å²) >= 11 is 0. The van der Waals surface area contributed by atoms with E-state index in [0.29, 0.717) is 12.8 Å². The summed E-state index contributed by atoms with van der Waals surface area (Å²) in [6, 6.07) is 9.48. The molecule has 0 saturated heterocycles. The van der Waals surface area contributed by atoms with E-state index in [0.717, 1.165) is 5.56 Å². The molecular formula is C29H52O8Si. The highest BCUT2D eigenvalue weighted by Gasteiger charge is 2.41. The lowest BCUT2D eigenvalue weighted by Crippen LogP contribution is -2.47. The molecule has 8 nitrogen and oxygen atoms in total. The summed E-state index contributed by atoms with van der Waals surface area (Å²) in [4.78, 5) is 12.8. The third-order valence-electron chi connectivity index (χ3n) is 7.46. The largest absolute Gasteiger partial charge is 0.461 e. The standard InChI is InChI=1S/C29H52O8Si/c1-21(35-19-32-7)16-25(37-38(9,10)29(4,5)6)17-26(36-20-33-8)22(2)27(30)23(3)28(31)34-18-24-14-12-11-13-15-24/h11-15,21-23,25-27,30H,16-20H2,1-10H3/t21-,22+,23+,25+,26+,27+/m1/s1. The minimum absolute atomic E-state index is 0.0207. The van der Waals surface area contributed by atoms with Gasteiger partial charge >= 0.3 is 5.97 Å². The molecule has 0 amide bonds. The van der Waals surface area contributed by atoms with E-state index in [-0.39, 0.29) is 43.4 Å². The predicted octanol–water partition coefficient (Wildman–Crippen LogP) is 5.53. The Hall–Kier alpha value is -1.33. The fourth-order valence-corrected chi connectivity index (χ4v) is 5.31. The van der Waals surface area contributed by atoms with Crippen LogP contribution in [0.5, 0.6) is 0 Å². The Morgan fingerprint density at radius 3 is 2.08 bits per heavy atom. The van der Waals surface area contributed by atoms with E-state index < -0.39 is 32.4 Å². The van der Waals surface area contributed by atoms with Crippen LogP contribution in [0.25, 0.3) is 0 Å². The number of hydrogen-bond acceptors (Lipinski definition) is 8. The monoisotopic (exact) mass is 556 g/mol. The Balaban J connectivity index is 3.02. The van der Waals surface area contributed by atoms with Crippen LogP contribution in [-0.4, -0.2) is 71.6 Å². The van der Waals surface area contributed by atoms with Gasteiger partial charge in [-0.05, 0) is 50.4 Å². The van der Waals surface area contributed by atoms with Gasteiger partial charge in [0.15, 0.2) is 8.32 Å². The number of ether oxygens (including phenoxy) is 5. The topological polar surface area (TPSA) is 92.7 Å². The third-order valence-corrected chi connectivity index (χ3v) is 12.0. The molecule has 0 saturated carbocycles. The lowest BCUT2D eigenvalue weighted by molar-refractivity contribution is -0.159. The predicted molar refractivity (Wildman–Crippen MR) is 151 cm³/mol. The second-order valence-electron chi connectivity index (χ2n) is 11.7. The highest BCUT2D eigenvalue weighted by molar-refractivity contribution is 6.74. The van der Waals surface area contributed by atoms with Gasteiger partial charge in [0.25, 0.3) is 0 Å². The Bertz CT molecular complexity index is 783. The SMILES string of the molecule is COCO[C@H](C)C[C@@H](C[C@H](OCOC)[C@H](C)[C@H](O)[C@H](C)C(=O)OCc1ccccc1)O[Si](C)(C)C(C)(C)C. The maximum Gasteiger partial charge on any atom is 0.311 e. The molecule has 6 atom stereocenters. The minimum atomic E-state index is -2.12. The van der Waals surface area contributed by atoms with Crippen LogP contribution in [0, 0.1) is 11.8 Å². The van der Waals surface area contributed by atoms with Gasteiger partial charge in [-0.1, -0.05) is 58.0 Å². The van der Waals surface area contributed by atoms with Crippen molar-refractivity contribution < 1.29 is 38.0 Å². The Labute approximate surface area is 231 Å². The normalized spacial score (nSPS) is 17.3. The van der Waals surface area contributed by atoms with Crippen molar-refractivity contribution in [3.05, 3.63) is 35.9 Å². The van der Waals surface area contributed by atoms with E-state index in [2.05, 4.69) is 33.9 Å². The van der Waals surface area contributed by atoms with Crippen molar-refractivity contribution in [2.24, 2.45) is 11.8 Å². The molecule has 0 unspecified atom stereocenters. The molecule has 9 heteroatoms. The van der Waals surface area contributed by atoms with Gasteiger partial charge in [-0.3, -0.25) is 4.79 Å². The summed E-state index contributed by atoms with van der Waals surface area (Å²) in [5.41, 5.74) is 0.896. The molecule has 0 bridgehead atoms. The van der Waals surface area contributed by atoms with Crippen molar-refractivity contribution in [2.45, 2.75) is 104 Å². The number of benzene rings is 1. The van der Waals surface area contributed by atoms with Gasteiger partial charge in [-0.2, -0.15) is 0 Å². The van der Waals surface area contributed by atoms with Gasteiger partial charge in [0.1, 0.15) is 20.2 Å². The first kappa shape index (κ1) is 34.7. The molecule has 0 aliphatic heterocycles. The van der Waals surface area contributed by atoms with Gasteiger partial charge in [-0.25, -0.2) is 0 Å². The van der Waals surface area contributed by atoms with Gasteiger partial charge in [0.05, 0.1) is 24.2 Å². The van der Waals surface area contributed by atoms with Gasteiger partial charge < -0.3 is 33.2 Å². The average Bonchev–Trinajstić information content (AvgIpc) is 2.86. The van der Waals surface area contributed by atoms with Crippen LogP contribution in [0.4, 0.5) is 0 Å². The van der Waals surface area contributed by atoms with Crippen LogP contribution in [-0.2, 0) is 39.5 Å². The van der Waals surface area contributed by atoms with Crippen molar-refractivity contribution >= 4 is 14.3 Å². The molecule has 1 rings (SSSR count). The first-order valence-electron chi connectivity index (χ1n) is 13.5. The zero-order valence-corrected chi connectivity index (χ0v) is 26.2. The van der Waals surface area contributed by atoms with Crippen molar-refractivity contribution in [1.82, 2.24) is 0 Å². The Morgan fingerprint density at radius 2 is 1.53 bits per heavy atom. The van der Waals surface area contributed by atoms with Crippen LogP contribution in [0.15, 0.2) is 30.3 Å². The molecule has 0 spiro atoms. The summed E-state index contributed by atoms with van der Waals surface area (Å²) in [6.45, 7) is 17.0. The van der Waals surface area contributed by atoms with E-state index in [9.17, 15) is 9.90 Å². The van der Waals surface area contributed by atoms with Gasteiger partial charge in [-0.15, -0.1) is 0 Å². The molecule has 0 fully saturated rings. The number of methoxy groups -OCH3 is 2. The molecule has 38 heavy (non-hydrogen) atoms. The quantitative estimate of drug-likeness (QED) is 0.143. The van der Waals surface area contributed by atoms with Gasteiger partial charge in [0.2, 0.25) is 0 Å². The zero-order chi connectivity index (χ0) is 28.9. The van der Waals surface area contributed by atoms with E-state index in [1.54, 1.807) is 21.1 Å². The molecule has 1 aromatic carbocycles. The minimum Gasteiger partial charge on any atom is -0.461 e. The number of carbonyl (C=O) groups excluding carboxylic acids is 1. The van der Waals surface area contributed by atoms with Crippen LogP contribution < -0.4 is 0 Å². The molecule has 0 aliphatic rings. The van der Waals surface area contributed by atoms with E-state index >= 15 is 0 Å². The van der Waals surface area contributed by atoms with Crippen LogP contribution in [0.3, 0.4) is 0 Å². The van der Waals surface area contributed by atoms with Gasteiger partial charge in [0, 0.05) is 26.2 Å². The molecule has 0 aromatic heterocycles. The maximum absolute atomic E-state index is 12.8. The third kappa shape index (κ3) is 11.8. The summed E-state index contributed by atoms with van der Waals surface area (Å²) in [6.07, 6.45) is -0.519. The van der Waals surface area contributed by atoms with Crippen molar-refractivity contribution in [1.29, 1.82) is 0 Å². The van der Waals surface area contributed by atoms with Crippen molar-refractivity contribution in [2.75, 3.05) is 27.8 Å². The lowest BCUT2D eigenvalue weighted by Gasteiger charge is -2.41. The molecule has 0 aliphatic carbocycles. The second-order valence-corrected chi connectivity index (χ2v) is 16.5. The zero-order valence-electron chi connectivity index (χ0n) is 25.2. The van der Waals surface area contributed by atoms with Crippen LogP contribution in [0.1, 0.15) is 59.9 Å². The fraction of sp³-hybridized carbons (Fsp3) is 0.759. The molecular weight excluding hydrogens is 504 g/mol. The fourth-order valence-electron chi connectivity index (χ4n) is 3.93.